The fourth-order valence-electron chi connectivity index (χ4n) is 3.13. The van der Waals surface area contributed by atoms with Crippen LogP contribution in [0, 0.1) is 11.6 Å². The van der Waals surface area contributed by atoms with Crippen molar-refractivity contribution in [1.29, 1.82) is 0 Å². The van der Waals surface area contributed by atoms with Crippen LogP contribution in [0.5, 0.6) is 11.5 Å². The molecule has 0 aliphatic carbocycles. The van der Waals surface area contributed by atoms with Crippen molar-refractivity contribution in [3.8, 4) is 22.8 Å². The molecule has 3 heterocycles. The van der Waals surface area contributed by atoms with E-state index in [1.807, 2.05) is 4.72 Å². The molecular formula is C20H11ClF2N6O3S2. The van der Waals surface area contributed by atoms with E-state index in [0.29, 0.717) is 33.9 Å². The van der Waals surface area contributed by atoms with Gasteiger partial charge in [-0.25, -0.2) is 27.2 Å². The van der Waals surface area contributed by atoms with Crippen molar-refractivity contribution < 1.29 is 21.9 Å². The predicted octanol–water partition coefficient (Wildman–Crippen LogP) is 4.77. The summed E-state index contributed by atoms with van der Waals surface area (Å²) in [4.78, 5) is 11.2. The minimum Gasteiger partial charge on any atom is -0.453 e. The number of rotatable bonds is 6. The maximum Gasteiger partial charge on any atom is 0.266 e. The van der Waals surface area contributed by atoms with Gasteiger partial charge in [0.2, 0.25) is 5.13 Å². The second-order valence-electron chi connectivity index (χ2n) is 6.77. The molecule has 0 aliphatic rings. The van der Waals surface area contributed by atoms with E-state index in [1.165, 1.54) is 12.1 Å². The first-order chi connectivity index (χ1) is 16.3. The highest BCUT2D eigenvalue weighted by atomic mass is 35.5. The number of anilines is 1. The lowest BCUT2D eigenvalue weighted by Crippen LogP contribution is -2.15. The number of fused-ring (bicyclic) bond motifs is 1. The minimum atomic E-state index is -4.45. The molecule has 0 saturated carbocycles. The van der Waals surface area contributed by atoms with E-state index in [4.69, 9.17) is 16.3 Å². The van der Waals surface area contributed by atoms with Gasteiger partial charge < -0.3 is 9.14 Å². The highest BCUT2D eigenvalue weighted by molar-refractivity contribution is 7.93. The summed E-state index contributed by atoms with van der Waals surface area (Å²) >= 11 is 6.90. The maximum atomic E-state index is 14.9. The summed E-state index contributed by atoms with van der Waals surface area (Å²) in [6, 6.07) is 5.72. The van der Waals surface area contributed by atoms with Crippen LogP contribution in [-0.4, -0.2) is 32.1 Å². The Morgan fingerprint density at radius 3 is 2.74 bits per heavy atom. The second-order valence-corrected chi connectivity index (χ2v) is 9.64. The molecule has 5 aromatic rings. The number of aromatic nitrogens is 5. The Balaban J connectivity index is 1.53. The predicted molar refractivity (Wildman–Crippen MR) is 121 cm³/mol. The first kappa shape index (κ1) is 22.1. The molecule has 0 fully saturated rings. The van der Waals surface area contributed by atoms with Gasteiger partial charge in [0, 0.05) is 46.6 Å². The van der Waals surface area contributed by atoms with E-state index in [2.05, 4.69) is 19.3 Å². The highest BCUT2D eigenvalue weighted by Crippen LogP contribution is 2.38. The van der Waals surface area contributed by atoms with E-state index in [1.54, 1.807) is 35.4 Å². The number of benzene rings is 2. The number of halogens is 3. The first-order valence-corrected chi connectivity index (χ1v) is 12.0. The Morgan fingerprint density at radius 2 is 1.94 bits per heavy atom. The summed E-state index contributed by atoms with van der Waals surface area (Å²) in [6.07, 6.45) is 7.54. The van der Waals surface area contributed by atoms with Crippen molar-refractivity contribution in [1.82, 2.24) is 23.7 Å². The molecule has 14 heteroatoms. The SMILES string of the molecule is O=S(=O)(Nc1ncns1)c1cc(F)c(Oc2ccc(Cl)cc2-c2ncn3ccncc23)cc1F. The molecule has 0 atom stereocenters. The Hall–Kier alpha value is -3.68. The van der Waals surface area contributed by atoms with Gasteiger partial charge in [0.25, 0.3) is 10.0 Å². The molecule has 34 heavy (non-hydrogen) atoms. The van der Waals surface area contributed by atoms with Gasteiger partial charge in [0.15, 0.2) is 11.6 Å². The quantitative estimate of drug-likeness (QED) is 0.343. The van der Waals surface area contributed by atoms with Crippen molar-refractivity contribution in [2.24, 2.45) is 0 Å². The molecule has 5 rings (SSSR count). The van der Waals surface area contributed by atoms with Gasteiger partial charge in [-0.1, -0.05) is 11.6 Å². The van der Waals surface area contributed by atoms with Crippen molar-refractivity contribution in [3.05, 3.63) is 78.2 Å². The molecule has 9 nitrogen and oxygen atoms in total. The van der Waals surface area contributed by atoms with Crippen molar-refractivity contribution in [2.75, 3.05) is 4.72 Å². The lowest BCUT2D eigenvalue weighted by Gasteiger charge is -2.13. The molecule has 0 bridgehead atoms. The number of nitrogens with zero attached hydrogens (tertiary/aromatic N) is 5. The standard InChI is InChI=1S/C20H11ClF2N6O3S2/c21-11-1-2-16(12(5-11)19-15-8-24-3-4-29(15)10-26-19)32-17-6-14(23)18(7-13(17)22)34(30,31)28-20-25-9-27-33-20/h1-10H,(H,25,27,28). The summed E-state index contributed by atoms with van der Waals surface area (Å²) in [5.41, 5.74) is 1.48. The third-order valence-corrected chi connectivity index (χ3v) is 6.92. The van der Waals surface area contributed by atoms with Gasteiger partial charge in [-0.15, -0.1) is 0 Å². The Kier molecular flexibility index (Phi) is 5.59. The topological polar surface area (TPSA) is 111 Å². The molecule has 0 saturated heterocycles. The largest absolute Gasteiger partial charge is 0.453 e. The van der Waals surface area contributed by atoms with Gasteiger partial charge in [-0.3, -0.25) is 9.71 Å². The van der Waals surface area contributed by atoms with Gasteiger partial charge in [0.1, 0.15) is 34.8 Å². The van der Waals surface area contributed by atoms with E-state index in [-0.39, 0.29) is 10.9 Å². The molecule has 0 spiro atoms. The maximum absolute atomic E-state index is 14.9. The second kappa shape index (κ2) is 8.59. The Labute approximate surface area is 199 Å². The summed E-state index contributed by atoms with van der Waals surface area (Å²) in [6.45, 7) is 0. The summed E-state index contributed by atoms with van der Waals surface area (Å²) in [5.74, 6) is -2.73. The normalized spacial score (nSPS) is 11.6. The van der Waals surface area contributed by atoms with Crippen molar-refractivity contribution in [2.45, 2.75) is 4.90 Å². The zero-order valence-electron chi connectivity index (χ0n) is 16.7. The van der Waals surface area contributed by atoms with E-state index >= 15 is 0 Å². The van der Waals surface area contributed by atoms with Gasteiger partial charge in [-0.2, -0.15) is 4.37 Å². The number of nitrogens with one attached hydrogen (secondary N) is 1. The van der Waals surface area contributed by atoms with Crippen molar-refractivity contribution >= 4 is 43.8 Å². The highest BCUT2D eigenvalue weighted by Gasteiger charge is 2.24. The zero-order chi connectivity index (χ0) is 23.9. The summed E-state index contributed by atoms with van der Waals surface area (Å²) < 4.78 is 67.6. The van der Waals surface area contributed by atoms with Crippen LogP contribution >= 0.6 is 23.1 Å². The van der Waals surface area contributed by atoms with Crippen LogP contribution in [-0.2, 0) is 10.0 Å². The Bertz CT molecular complexity index is 1630. The van der Waals surface area contributed by atoms with Crippen LogP contribution in [0.2, 0.25) is 5.02 Å². The third-order valence-electron chi connectivity index (χ3n) is 4.62. The van der Waals surface area contributed by atoms with Crippen LogP contribution in [0.3, 0.4) is 0 Å². The summed E-state index contributed by atoms with van der Waals surface area (Å²) in [7, 11) is -4.45. The van der Waals surface area contributed by atoms with Crippen LogP contribution in [0.4, 0.5) is 13.9 Å². The van der Waals surface area contributed by atoms with Gasteiger partial charge in [-0.05, 0) is 18.2 Å². The molecule has 0 unspecified atom stereocenters. The average molecular weight is 521 g/mol. The lowest BCUT2D eigenvalue weighted by atomic mass is 10.1. The van der Waals surface area contributed by atoms with Crippen LogP contribution < -0.4 is 9.46 Å². The number of hydrogen-bond acceptors (Lipinski definition) is 8. The van der Waals surface area contributed by atoms with E-state index in [0.717, 1.165) is 17.9 Å². The molecule has 1 N–H and O–H groups in total. The fourth-order valence-corrected chi connectivity index (χ4v) is 5.03. The average Bonchev–Trinajstić information content (AvgIpc) is 3.46. The van der Waals surface area contributed by atoms with Gasteiger partial charge >= 0.3 is 0 Å². The first-order valence-electron chi connectivity index (χ1n) is 9.35. The molecule has 3 aromatic heterocycles. The molecule has 2 aromatic carbocycles. The van der Waals surface area contributed by atoms with Crippen LogP contribution in [0.25, 0.3) is 16.8 Å². The molecular weight excluding hydrogens is 510 g/mol. The van der Waals surface area contributed by atoms with Crippen molar-refractivity contribution in [3.63, 3.8) is 0 Å². The summed E-state index contributed by atoms with van der Waals surface area (Å²) in [5, 5.41) is 0.274. The van der Waals surface area contributed by atoms with Crippen LogP contribution in [0.15, 0.2) is 66.5 Å². The lowest BCUT2D eigenvalue weighted by molar-refractivity contribution is 0.433. The molecule has 0 radical (unpaired) electrons. The molecule has 0 aliphatic heterocycles. The number of hydrogen-bond donors (Lipinski definition) is 1. The number of ether oxygens (including phenoxy) is 1. The molecule has 172 valence electrons. The number of sulfonamides is 1. The zero-order valence-corrected chi connectivity index (χ0v) is 19.1. The van der Waals surface area contributed by atoms with E-state index < -0.39 is 32.3 Å². The Morgan fingerprint density at radius 1 is 1.09 bits per heavy atom. The van der Waals surface area contributed by atoms with E-state index in [9.17, 15) is 17.2 Å². The minimum absolute atomic E-state index is 0.0901. The number of imidazole rings is 1. The third kappa shape index (κ3) is 4.16. The van der Waals surface area contributed by atoms with Gasteiger partial charge in [0.05, 0.1) is 11.7 Å². The smallest absolute Gasteiger partial charge is 0.266 e. The molecule has 0 amide bonds. The monoisotopic (exact) mass is 520 g/mol. The van der Waals surface area contributed by atoms with Crippen LogP contribution in [0.1, 0.15) is 0 Å². The fraction of sp³-hybridized carbons (Fsp3) is 0.